The van der Waals surface area contributed by atoms with Crippen molar-refractivity contribution in [3.63, 3.8) is 0 Å². The molecule has 0 aliphatic rings. The van der Waals surface area contributed by atoms with Crippen LogP contribution >= 0.6 is 0 Å². The maximum Gasteiger partial charge on any atom is 0.383 e. The average Bonchev–Trinajstić information content (AvgIpc) is 2.54. The van der Waals surface area contributed by atoms with Gasteiger partial charge in [-0.3, -0.25) is 0 Å². The highest BCUT2D eigenvalue weighted by Gasteiger charge is 2.18. The van der Waals surface area contributed by atoms with E-state index in [9.17, 15) is 4.79 Å². The molecule has 0 radical (unpaired) electrons. The first-order chi connectivity index (χ1) is 11.6. The summed E-state index contributed by atoms with van der Waals surface area (Å²) >= 11 is 0. The first-order valence-corrected chi connectivity index (χ1v) is 8.16. The van der Waals surface area contributed by atoms with E-state index in [2.05, 4.69) is 19.1 Å². The number of ether oxygens (including phenoxy) is 3. The third-order valence-corrected chi connectivity index (χ3v) is 3.31. The number of methoxy groups -OCH3 is 1. The molecule has 24 heavy (non-hydrogen) atoms. The van der Waals surface area contributed by atoms with Gasteiger partial charge in [-0.15, -0.1) is 0 Å². The van der Waals surface area contributed by atoms with E-state index in [1.54, 1.807) is 6.07 Å². The topological polar surface area (TPSA) is 57.9 Å². The third kappa shape index (κ3) is 4.31. The molecule has 0 saturated carbocycles. The van der Waals surface area contributed by atoms with Gasteiger partial charge in [0, 0.05) is 6.07 Å². The van der Waals surface area contributed by atoms with Crippen molar-refractivity contribution in [1.82, 2.24) is 0 Å². The third-order valence-electron chi connectivity index (χ3n) is 3.31. The van der Waals surface area contributed by atoms with Crippen LogP contribution in [0, 0.1) is 0 Å². The summed E-state index contributed by atoms with van der Waals surface area (Å²) in [6.07, 6.45) is 5.94. The summed E-state index contributed by atoms with van der Waals surface area (Å²) in [5.41, 5.74) is -0.151. The van der Waals surface area contributed by atoms with Crippen LogP contribution in [0.15, 0.2) is 39.6 Å². The highest BCUT2D eigenvalue weighted by Crippen LogP contribution is 2.35. The monoisotopic (exact) mass is 332 g/mol. The summed E-state index contributed by atoms with van der Waals surface area (Å²) < 4.78 is 21.9. The lowest BCUT2D eigenvalue weighted by Crippen LogP contribution is -2.12. The van der Waals surface area contributed by atoms with E-state index in [1.807, 2.05) is 26.0 Å². The van der Waals surface area contributed by atoms with Gasteiger partial charge in [0.15, 0.2) is 5.75 Å². The quantitative estimate of drug-likeness (QED) is 0.409. The summed E-state index contributed by atoms with van der Waals surface area (Å²) in [5.74, 6) is 1.13. The Bertz CT molecular complexity index is 758. The van der Waals surface area contributed by atoms with Crippen LogP contribution in [0.4, 0.5) is 0 Å². The van der Waals surface area contributed by atoms with Gasteiger partial charge in [-0.2, -0.15) is 0 Å². The highest BCUT2D eigenvalue weighted by atomic mass is 16.5. The first kappa shape index (κ1) is 17.9. The molecule has 0 fully saturated rings. The van der Waals surface area contributed by atoms with Gasteiger partial charge < -0.3 is 18.6 Å². The molecule has 1 aromatic carbocycles. The van der Waals surface area contributed by atoms with Crippen LogP contribution in [-0.2, 0) is 0 Å². The fraction of sp³-hybridized carbons (Fsp3) is 0.421. The van der Waals surface area contributed by atoms with Crippen LogP contribution in [0.1, 0.15) is 33.6 Å². The maximum atomic E-state index is 12.1. The molecule has 0 bridgehead atoms. The molecular weight excluding hydrogens is 308 g/mol. The minimum Gasteiger partial charge on any atom is -0.493 e. The molecule has 0 aliphatic heterocycles. The Hall–Kier alpha value is -2.43. The van der Waals surface area contributed by atoms with Crippen LogP contribution in [0.2, 0.25) is 0 Å². The van der Waals surface area contributed by atoms with E-state index in [0.717, 1.165) is 12.8 Å². The molecule has 1 heterocycles. The van der Waals surface area contributed by atoms with Crippen LogP contribution in [-0.4, -0.2) is 19.8 Å². The Balaban J connectivity index is 2.32. The summed E-state index contributed by atoms with van der Waals surface area (Å²) in [6, 6.07) is 5.35. The second kappa shape index (κ2) is 8.43. The Morgan fingerprint density at radius 1 is 1.21 bits per heavy atom. The lowest BCUT2D eigenvalue weighted by Gasteiger charge is -2.15. The Labute approximate surface area is 141 Å². The zero-order chi connectivity index (χ0) is 17.5. The number of benzene rings is 1. The van der Waals surface area contributed by atoms with Crippen molar-refractivity contribution in [3.8, 4) is 17.2 Å². The summed E-state index contributed by atoms with van der Waals surface area (Å²) in [4.78, 5) is 12.1. The second-order valence-corrected chi connectivity index (χ2v) is 5.59. The van der Waals surface area contributed by atoms with E-state index in [0.29, 0.717) is 29.1 Å². The van der Waals surface area contributed by atoms with Crippen molar-refractivity contribution in [2.45, 2.75) is 39.7 Å². The van der Waals surface area contributed by atoms with Gasteiger partial charge in [0.05, 0.1) is 25.2 Å². The minimum absolute atomic E-state index is 0.0783. The Morgan fingerprint density at radius 2 is 2.00 bits per heavy atom. The van der Waals surface area contributed by atoms with E-state index >= 15 is 0 Å². The second-order valence-electron chi connectivity index (χ2n) is 5.59. The van der Waals surface area contributed by atoms with Crippen LogP contribution in [0.5, 0.6) is 17.2 Å². The number of hydrogen-bond donors (Lipinski definition) is 0. The summed E-state index contributed by atoms with van der Waals surface area (Å²) in [5, 5.41) is 0.679. The van der Waals surface area contributed by atoms with Gasteiger partial charge in [0.25, 0.3) is 0 Å². The molecule has 0 N–H and O–H groups in total. The molecule has 5 heteroatoms. The molecule has 0 amide bonds. The predicted molar refractivity (Wildman–Crippen MR) is 94.3 cm³/mol. The smallest absolute Gasteiger partial charge is 0.383 e. The molecule has 130 valence electrons. The van der Waals surface area contributed by atoms with Gasteiger partial charge in [-0.25, -0.2) is 4.79 Å². The van der Waals surface area contributed by atoms with Crippen molar-refractivity contribution >= 4 is 11.0 Å². The van der Waals surface area contributed by atoms with E-state index in [4.69, 9.17) is 18.6 Å². The number of hydrogen-bond acceptors (Lipinski definition) is 5. The van der Waals surface area contributed by atoms with Crippen molar-refractivity contribution in [2.75, 3.05) is 13.7 Å². The molecule has 0 saturated heterocycles. The van der Waals surface area contributed by atoms with Crippen LogP contribution < -0.4 is 19.8 Å². The van der Waals surface area contributed by atoms with Gasteiger partial charge >= 0.3 is 5.63 Å². The fourth-order valence-corrected chi connectivity index (χ4v) is 2.28. The SMILES string of the molecule is CCC=CCCOc1ccc2c(OC(C)C)c(OC)c(=O)oc2c1. The lowest BCUT2D eigenvalue weighted by atomic mass is 10.2. The molecule has 2 aromatic rings. The molecule has 2 rings (SSSR count). The molecule has 0 atom stereocenters. The Kier molecular flexibility index (Phi) is 6.29. The van der Waals surface area contributed by atoms with Crippen molar-refractivity contribution < 1.29 is 18.6 Å². The molecule has 1 aromatic heterocycles. The zero-order valence-electron chi connectivity index (χ0n) is 14.6. The minimum atomic E-state index is -0.566. The van der Waals surface area contributed by atoms with Gasteiger partial charge in [0.1, 0.15) is 11.3 Å². The Morgan fingerprint density at radius 3 is 2.67 bits per heavy atom. The average molecular weight is 332 g/mol. The van der Waals surface area contributed by atoms with Crippen molar-refractivity contribution in [2.24, 2.45) is 0 Å². The predicted octanol–water partition coefficient (Wildman–Crippen LogP) is 4.32. The molecule has 0 unspecified atom stereocenters. The standard InChI is InChI=1S/C19H24O5/c1-5-6-7-8-11-22-14-9-10-15-16(12-14)24-19(20)18(21-4)17(15)23-13(2)3/h6-7,9-10,12-13H,5,8,11H2,1-4H3. The van der Waals surface area contributed by atoms with E-state index in [1.165, 1.54) is 7.11 Å². The lowest BCUT2D eigenvalue weighted by molar-refractivity contribution is 0.229. The van der Waals surface area contributed by atoms with Crippen LogP contribution in [0.3, 0.4) is 0 Å². The molecule has 0 spiro atoms. The van der Waals surface area contributed by atoms with Crippen LogP contribution in [0.25, 0.3) is 11.0 Å². The van der Waals surface area contributed by atoms with Gasteiger partial charge in [-0.05, 0) is 38.8 Å². The van der Waals surface area contributed by atoms with Gasteiger partial charge in [0.2, 0.25) is 5.75 Å². The maximum absolute atomic E-state index is 12.1. The molecule has 5 nitrogen and oxygen atoms in total. The number of fused-ring (bicyclic) bond motifs is 1. The highest BCUT2D eigenvalue weighted by molar-refractivity contribution is 5.86. The molecule has 0 aliphatic carbocycles. The van der Waals surface area contributed by atoms with Gasteiger partial charge in [-0.1, -0.05) is 19.1 Å². The summed E-state index contributed by atoms with van der Waals surface area (Å²) in [7, 11) is 1.42. The van der Waals surface area contributed by atoms with E-state index < -0.39 is 5.63 Å². The number of rotatable bonds is 8. The number of allylic oxidation sites excluding steroid dienone is 1. The first-order valence-electron chi connectivity index (χ1n) is 8.16. The summed E-state index contributed by atoms with van der Waals surface area (Å²) in [6.45, 7) is 6.44. The largest absolute Gasteiger partial charge is 0.493 e. The van der Waals surface area contributed by atoms with Crippen molar-refractivity contribution in [3.05, 3.63) is 40.8 Å². The normalized spacial score (nSPS) is 11.4. The zero-order valence-corrected chi connectivity index (χ0v) is 14.6. The fourth-order valence-electron chi connectivity index (χ4n) is 2.28. The van der Waals surface area contributed by atoms with E-state index in [-0.39, 0.29) is 11.9 Å². The van der Waals surface area contributed by atoms with Crippen molar-refractivity contribution in [1.29, 1.82) is 0 Å². The molecular formula is C19H24O5.